The number of ether oxygens (including phenoxy) is 1. The molecular weight excluding hydrogens is 228 g/mol. The van der Waals surface area contributed by atoms with Crippen molar-refractivity contribution in [1.29, 1.82) is 0 Å². The Morgan fingerprint density at radius 3 is 2.71 bits per heavy atom. The van der Waals surface area contributed by atoms with Crippen LogP contribution in [0.1, 0.15) is 19.3 Å². The van der Waals surface area contributed by atoms with E-state index in [1.54, 1.807) is 0 Å². The molecule has 0 bridgehead atoms. The van der Waals surface area contributed by atoms with Crippen LogP contribution in [0.2, 0.25) is 0 Å². The number of carboxylic acids is 1. The highest BCUT2D eigenvalue weighted by Crippen LogP contribution is 2.18. The minimum atomic E-state index is -1.45. The highest BCUT2D eigenvalue weighted by Gasteiger charge is 2.29. The van der Waals surface area contributed by atoms with Crippen molar-refractivity contribution in [3.05, 3.63) is 0 Å². The van der Waals surface area contributed by atoms with Crippen LogP contribution in [-0.4, -0.2) is 53.5 Å². The number of aliphatic hydroxyl groups excluding tert-OH is 1. The van der Waals surface area contributed by atoms with Gasteiger partial charge >= 0.3 is 5.97 Å². The number of nitrogens with one attached hydrogen (secondary N) is 1. The SMILES string of the molecule is NCC1CCC(C(=O)NCCC(O)C(=O)O)O1. The Labute approximate surface area is 98.9 Å². The van der Waals surface area contributed by atoms with Crippen LogP contribution in [0.3, 0.4) is 0 Å². The molecule has 1 aliphatic rings. The van der Waals surface area contributed by atoms with Gasteiger partial charge in [0.15, 0.2) is 6.10 Å². The molecule has 5 N–H and O–H groups in total. The van der Waals surface area contributed by atoms with Crippen molar-refractivity contribution in [2.24, 2.45) is 5.73 Å². The Kier molecular flexibility index (Phi) is 5.33. The largest absolute Gasteiger partial charge is 0.479 e. The minimum absolute atomic E-state index is 0.0197. The summed E-state index contributed by atoms with van der Waals surface area (Å²) in [6.45, 7) is 0.501. The van der Waals surface area contributed by atoms with Crippen LogP contribution in [-0.2, 0) is 14.3 Å². The van der Waals surface area contributed by atoms with Crippen molar-refractivity contribution in [3.63, 3.8) is 0 Å². The number of hydrogen-bond donors (Lipinski definition) is 4. The summed E-state index contributed by atoms with van der Waals surface area (Å²) < 4.78 is 5.36. The topological polar surface area (TPSA) is 122 Å². The number of amides is 1. The van der Waals surface area contributed by atoms with E-state index in [0.29, 0.717) is 13.0 Å². The molecule has 3 atom stereocenters. The van der Waals surface area contributed by atoms with E-state index in [2.05, 4.69) is 5.32 Å². The van der Waals surface area contributed by atoms with E-state index in [4.69, 9.17) is 20.7 Å². The highest BCUT2D eigenvalue weighted by molar-refractivity contribution is 5.81. The first-order chi connectivity index (χ1) is 8.04. The number of nitrogens with two attached hydrogens (primary N) is 1. The second-order valence-corrected chi connectivity index (χ2v) is 3.99. The lowest BCUT2D eigenvalue weighted by Crippen LogP contribution is -2.37. The average Bonchev–Trinajstić information content (AvgIpc) is 2.77. The molecule has 1 amide bonds. The molecule has 0 radical (unpaired) electrons. The van der Waals surface area contributed by atoms with Gasteiger partial charge in [-0.1, -0.05) is 0 Å². The van der Waals surface area contributed by atoms with Crippen LogP contribution in [0.4, 0.5) is 0 Å². The summed E-state index contributed by atoms with van der Waals surface area (Å²) in [5, 5.41) is 19.9. The maximum Gasteiger partial charge on any atom is 0.332 e. The lowest BCUT2D eigenvalue weighted by Gasteiger charge is -2.13. The lowest BCUT2D eigenvalue weighted by atomic mass is 10.2. The molecule has 7 heteroatoms. The smallest absolute Gasteiger partial charge is 0.332 e. The molecule has 1 fully saturated rings. The third kappa shape index (κ3) is 4.29. The summed E-state index contributed by atoms with van der Waals surface area (Å²) in [5.74, 6) is -1.57. The fraction of sp³-hybridized carbons (Fsp3) is 0.800. The first-order valence-electron chi connectivity index (χ1n) is 5.58. The van der Waals surface area contributed by atoms with Crippen molar-refractivity contribution < 1.29 is 24.5 Å². The third-order valence-corrected chi connectivity index (χ3v) is 2.66. The summed E-state index contributed by atoms with van der Waals surface area (Å²) in [6, 6.07) is 0. The van der Waals surface area contributed by atoms with Crippen LogP contribution in [0.25, 0.3) is 0 Å². The Bertz CT molecular complexity index is 284. The van der Waals surface area contributed by atoms with Crippen LogP contribution in [0.5, 0.6) is 0 Å². The molecule has 1 saturated heterocycles. The molecule has 0 saturated carbocycles. The number of carboxylic acid groups (broad SMARTS) is 1. The Morgan fingerprint density at radius 1 is 1.47 bits per heavy atom. The summed E-state index contributed by atoms with van der Waals surface area (Å²) in [5.41, 5.74) is 5.41. The second-order valence-electron chi connectivity index (χ2n) is 3.99. The second kappa shape index (κ2) is 6.53. The van der Waals surface area contributed by atoms with Gasteiger partial charge in [-0.15, -0.1) is 0 Å². The van der Waals surface area contributed by atoms with Gasteiger partial charge < -0.3 is 26.0 Å². The number of carbonyl (C=O) groups is 2. The van der Waals surface area contributed by atoms with E-state index in [1.165, 1.54) is 0 Å². The number of hydrogen-bond acceptors (Lipinski definition) is 5. The molecule has 1 aliphatic heterocycles. The molecule has 0 aromatic carbocycles. The zero-order valence-corrected chi connectivity index (χ0v) is 9.46. The average molecular weight is 246 g/mol. The standard InChI is InChI=1S/C10H18N2O5/c11-5-6-1-2-8(17-6)9(14)12-4-3-7(13)10(15)16/h6-8,13H,1-5,11H2,(H,12,14)(H,15,16). The molecule has 98 valence electrons. The molecule has 0 aromatic heterocycles. The third-order valence-electron chi connectivity index (χ3n) is 2.66. The van der Waals surface area contributed by atoms with Crippen LogP contribution in [0, 0.1) is 0 Å². The molecule has 0 spiro atoms. The molecular formula is C10H18N2O5. The maximum atomic E-state index is 11.6. The maximum absolute atomic E-state index is 11.6. The summed E-state index contributed by atoms with van der Waals surface area (Å²) in [6.07, 6.45) is -0.673. The number of carbonyl (C=O) groups excluding carboxylic acids is 1. The van der Waals surface area contributed by atoms with Crippen molar-refractivity contribution >= 4 is 11.9 Å². The summed E-state index contributed by atoms with van der Waals surface area (Å²) >= 11 is 0. The molecule has 3 unspecified atom stereocenters. The highest BCUT2D eigenvalue weighted by atomic mass is 16.5. The number of aliphatic hydroxyl groups is 1. The van der Waals surface area contributed by atoms with E-state index in [9.17, 15) is 9.59 Å². The van der Waals surface area contributed by atoms with Gasteiger partial charge in [-0.05, 0) is 12.8 Å². The van der Waals surface area contributed by atoms with Gasteiger partial charge in [0.05, 0.1) is 6.10 Å². The Hall–Kier alpha value is -1.18. The zero-order valence-electron chi connectivity index (χ0n) is 9.46. The first kappa shape index (κ1) is 13.9. The van der Waals surface area contributed by atoms with Crippen LogP contribution in [0.15, 0.2) is 0 Å². The predicted molar refractivity (Wildman–Crippen MR) is 58.2 cm³/mol. The Morgan fingerprint density at radius 2 is 2.18 bits per heavy atom. The van der Waals surface area contributed by atoms with E-state index >= 15 is 0 Å². The molecule has 0 aliphatic carbocycles. The first-order valence-corrected chi connectivity index (χ1v) is 5.58. The van der Waals surface area contributed by atoms with E-state index in [-0.39, 0.29) is 25.0 Å². The molecule has 7 nitrogen and oxygen atoms in total. The van der Waals surface area contributed by atoms with E-state index in [0.717, 1.165) is 6.42 Å². The quantitative estimate of drug-likeness (QED) is 0.450. The van der Waals surface area contributed by atoms with Crippen molar-refractivity contribution in [2.45, 2.75) is 37.6 Å². The van der Waals surface area contributed by atoms with Gasteiger partial charge in [0, 0.05) is 19.5 Å². The van der Waals surface area contributed by atoms with E-state index in [1.807, 2.05) is 0 Å². The van der Waals surface area contributed by atoms with Crippen molar-refractivity contribution in [2.75, 3.05) is 13.1 Å². The van der Waals surface area contributed by atoms with Gasteiger partial charge in [-0.25, -0.2) is 4.79 Å². The number of aliphatic carboxylic acids is 1. The Balaban J connectivity index is 2.20. The summed E-state index contributed by atoms with van der Waals surface area (Å²) in [4.78, 5) is 21.9. The van der Waals surface area contributed by atoms with Gasteiger partial charge in [0.25, 0.3) is 0 Å². The van der Waals surface area contributed by atoms with E-state index < -0.39 is 18.2 Å². The molecule has 1 heterocycles. The van der Waals surface area contributed by atoms with Gasteiger partial charge in [-0.2, -0.15) is 0 Å². The number of rotatable bonds is 6. The summed E-state index contributed by atoms with van der Waals surface area (Å²) in [7, 11) is 0. The fourth-order valence-electron chi connectivity index (χ4n) is 1.64. The monoisotopic (exact) mass is 246 g/mol. The van der Waals surface area contributed by atoms with Gasteiger partial charge in [0.1, 0.15) is 6.10 Å². The van der Waals surface area contributed by atoms with Crippen LogP contribution >= 0.6 is 0 Å². The normalized spacial score (nSPS) is 25.5. The van der Waals surface area contributed by atoms with Crippen molar-refractivity contribution in [3.8, 4) is 0 Å². The van der Waals surface area contributed by atoms with Gasteiger partial charge in [-0.3, -0.25) is 4.79 Å². The lowest BCUT2D eigenvalue weighted by molar-refractivity contribution is -0.147. The molecule has 17 heavy (non-hydrogen) atoms. The van der Waals surface area contributed by atoms with Crippen molar-refractivity contribution in [1.82, 2.24) is 5.32 Å². The fourth-order valence-corrected chi connectivity index (χ4v) is 1.64. The van der Waals surface area contributed by atoms with Crippen LogP contribution < -0.4 is 11.1 Å². The predicted octanol–water partition coefficient (Wildman–Crippen LogP) is -1.56. The van der Waals surface area contributed by atoms with Gasteiger partial charge in [0.2, 0.25) is 5.91 Å². The zero-order chi connectivity index (χ0) is 12.8. The minimum Gasteiger partial charge on any atom is -0.479 e. The molecule has 0 aromatic rings. The molecule has 1 rings (SSSR count).